The molecule has 14 heavy (non-hydrogen) atoms. The minimum Gasteiger partial charge on any atom is -0.388 e. The van der Waals surface area contributed by atoms with E-state index in [1.807, 2.05) is 20.9 Å². The summed E-state index contributed by atoms with van der Waals surface area (Å²) < 4.78 is 0. The zero-order valence-corrected chi connectivity index (χ0v) is 10.3. The van der Waals surface area contributed by atoms with E-state index in [-0.39, 0.29) is 0 Å². The van der Waals surface area contributed by atoms with Crippen molar-refractivity contribution in [3.05, 3.63) is 29.3 Å². The van der Waals surface area contributed by atoms with E-state index in [1.54, 1.807) is 0 Å². The fourth-order valence-corrected chi connectivity index (χ4v) is 1.02. The van der Waals surface area contributed by atoms with Crippen molar-refractivity contribution in [2.45, 2.75) is 27.7 Å². The molecule has 0 bridgehead atoms. The first-order valence-corrected chi connectivity index (χ1v) is 5.07. The molecule has 0 heterocycles. The highest BCUT2D eigenvalue weighted by Gasteiger charge is 1.95. The summed E-state index contributed by atoms with van der Waals surface area (Å²) in [5.41, 5.74) is 8.40. The first-order chi connectivity index (χ1) is 6.75. The van der Waals surface area contributed by atoms with E-state index in [1.165, 1.54) is 23.9 Å². The third-order valence-electron chi connectivity index (χ3n) is 1.87. The Kier molecular flexibility index (Phi) is 11.1. The van der Waals surface area contributed by atoms with Gasteiger partial charge in [0.15, 0.2) is 0 Å². The Balaban J connectivity index is 0. The normalized spacial score (nSPS) is 7.64. The molecule has 82 valence electrons. The van der Waals surface area contributed by atoms with Crippen LogP contribution in [0.25, 0.3) is 0 Å². The molecule has 0 spiro atoms. The summed E-state index contributed by atoms with van der Waals surface area (Å²) >= 11 is 0. The van der Waals surface area contributed by atoms with Crippen molar-refractivity contribution in [3.8, 4) is 0 Å². The highest BCUT2D eigenvalue weighted by Crippen LogP contribution is 2.16. The number of nitrogens with two attached hydrogens (primary N) is 1. The molecule has 0 radical (unpaired) electrons. The topological polar surface area (TPSA) is 38.0 Å². The molecule has 0 amide bonds. The van der Waals surface area contributed by atoms with Gasteiger partial charge in [0.25, 0.3) is 0 Å². The molecule has 1 aromatic rings. The van der Waals surface area contributed by atoms with E-state index >= 15 is 0 Å². The number of rotatable bonds is 1. The van der Waals surface area contributed by atoms with Crippen molar-refractivity contribution < 1.29 is 0 Å². The molecule has 1 rings (SSSR count). The second-order valence-electron chi connectivity index (χ2n) is 2.50. The summed E-state index contributed by atoms with van der Waals surface area (Å²) in [7, 11) is 3.45. The zero-order chi connectivity index (χ0) is 11.6. The Hall–Kier alpha value is -1.02. The van der Waals surface area contributed by atoms with Crippen molar-refractivity contribution in [2.75, 3.05) is 19.4 Å². The van der Waals surface area contributed by atoms with Crippen LogP contribution in [0.1, 0.15) is 25.0 Å². The predicted molar refractivity (Wildman–Crippen MR) is 66.9 cm³/mol. The maximum absolute atomic E-state index is 4.50. The smallest absolute Gasteiger partial charge is 0.0369 e. The number of aryl methyl sites for hydroxylation is 1. The molecule has 0 saturated carbocycles. The fraction of sp³-hybridized carbons (Fsp3) is 0.500. The molecular formula is C12H24N2. The largest absolute Gasteiger partial charge is 0.388 e. The van der Waals surface area contributed by atoms with Gasteiger partial charge >= 0.3 is 0 Å². The van der Waals surface area contributed by atoms with Crippen LogP contribution in [0.15, 0.2) is 18.2 Å². The molecule has 0 fully saturated rings. The third-order valence-corrected chi connectivity index (χ3v) is 1.87. The van der Waals surface area contributed by atoms with Gasteiger partial charge in [0.05, 0.1) is 0 Å². The Labute approximate surface area is 88.5 Å². The summed E-state index contributed by atoms with van der Waals surface area (Å²) in [6.07, 6.45) is 0. The maximum atomic E-state index is 4.50. The van der Waals surface area contributed by atoms with Gasteiger partial charge in [0, 0.05) is 12.7 Å². The lowest BCUT2D eigenvalue weighted by Gasteiger charge is -2.06. The Morgan fingerprint density at radius 3 is 1.93 bits per heavy atom. The van der Waals surface area contributed by atoms with E-state index < -0.39 is 0 Å². The summed E-state index contributed by atoms with van der Waals surface area (Å²) in [6, 6.07) is 6.27. The Morgan fingerprint density at radius 2 is 1.57 bits per heavy atom. The molecule has 3 N–H and O–H groups in total. The molecule has 1 aromatic carbocycles. The summed E-state index contributed by atoms with van der Waals surface area (Å²) in [4.78, 5) is 0. The minimum absolute atomic E-state index is 1.22. The lowest BCUT2D eigenvalue weighted by Crippen LogP contribution is -1.92. The number of hydrogen-bond acceptors (Lipinski definition) is 2. The zero-order valence-electron chi connectivity index (χ0n) is 10.3. The average Bonchev–Trinajstić information content (AvgIpc) is 2.28. The molecule has 0 atom stereocenters. The summed E-state index contributed by atoms with van der Waals surface area (Å²) in [5, 5.41) is 3.14. The highest BCUT2D eigenvalue weighted by atomic mass is 14.8. The van der Waals surface area contributed by atoms with Gasteiger partial charge in [-0.1, -0.05) is 26.0 Å². The first-order valence-electron chi connectivity index (χ1n) is 5.07. The lowest BCUT2D eigenvalue weighted by atomic mass is 10.1. The highest BCUT2D eigenvalue weighted by molar-refractivity contribution is 5.52. The molecular weight excluding hydrogens is 172 g/mol. The van der Waals surface area contributed by atoms with Crippen LogP contribution in [0.3, 0.4) is 0 Å². The fourth-order valence-electron chi connectivity index (χ4n) is 1.02. The number of anilines is 1. The van der Waals surface area contributed by atoms with Gasteiger partial charge < -0.3 is 11.1 Å². The third kappa shape index (κ3) is 4.87. The SMILES string of the molecule is CC.CN.CNc1cccc(C)c1C. The van der Waals surface area contributed by atoms with Gasteiger partial charge in [-0.2, -0.15) is 0 Å². The van der Waals surface area contributed by atoms with Crippen molar-refractivity contribution in [1.29, 1.82) is 0 Å². The Morgan fingerprint density at radius 1 is 1.07 bits per heavy atom. The molecule has 0 aromatic heterocycles. The van der Waals surface area contributed by atoms with Crippen molar-refractivity contribution >= 4 is 5.69 Å². The van der Waals surface area contributed by atoms with Gasteiger partial charge in [-0.3, -0.25) is 0 Å². The van der Waals surface area contributed by atoms with Gasteiger partial charge in [0.2, 0.25) is 0 Å². The maximum Gasteiger partial charge on any atom is 0.0369 e. The van der Waals surface area contributed by atoms with Crippen LogP contribution in [-0.2, 0) is 0 Å². The standard InChI is InChI=1S/C9H13N.C2H6.CH5N/c1-7-5-4-6-9(10-3)8(7)2;2*1-2/h4-6,10H,1-3H3;1-2H3;2H2,1H3. The van der Waals surface area contributed by atoms with E-state index in [9.17, 15) is 0 Å². The van der Waals surface area contributed by atoms with Gasteiger partial charge in [-0.25, -0.2) is 0 Å². The van der Waals surface area contributed by atoms with E-state index in [2.05, 4.69) is 43.1 Å². The average molecular weight is 196 g/mol. The monoisotopic (exact) mass is 196 g/mol. The molecule has 0 aliphatic heterocycles. The van der Waals surface area contributed by atoms with Crippen molar-refractivity contribution in [1.82, 2.24) is 0 Å². The minimum atomic E-state index is 1.22. The molecule has 2 nitrogen and oxygen atoms in total. The predicted octanol–water partition coefficient (Wildman–Crippen LogP) is 2.95. The Bertz CT molecular complexity index is 232. The molecule has 0 saturated heterocycles. The molecule has 2 heteroatoms. The van der Waals surface area contributed by atoms with Crippen molar-refractivity contribution in [3.63, 3.8) is 0 Å². The van der Waals surface area contributed by atoms with Crippen LogP contribution >= 0.6 is 0 Å². The second-order valence-corrected chi connectivity index (χ2v) is 2.50. The van der Waals surface area contributed by atoms with Crippen LogP contribution in [0.5, 0.6) is 0 Å². The van der Waals surface area contributed by atoms with Crippen LogP contribution in [0.4, 0.5) is 5.69 Å². The molecule has 0 unspecified atom stereocenters. The van der Waals surface area contributed by atoms with Crippen LogP contribution in [0.2, 0.25) is 0 Å². The van der Waals surface area contributed by atoms with E-state index in [0.717, 1.165) is 0 Å². The summed E-state index contributed by atoms with van der Waals surface area (Å²) in [5.74, 6) is 0. The molecule has 0 aliphatic carbocycles. The van der Waals surface area contributed by atoms with E-state index in [4.69, 9.17) is 0 Å². The summed E-state index contributed by atoms with van der Waals surface area (Å²) in [6.45, 7) is 8.25. The molecule has 0 aliphatic rings. The van der Waals surface area contributed by atoms with Crippen LogP contribution in [0, 0.1) is 13.8 Å². The van der Waals surface area contributed by atoms with Gasteiger partial charge in [-0.15, -0.1) is 0 Å². The quantitative estimate of drug-likeness (QED) is 0.724. The number of nitrogens with one attached hydrogen (secondary N) is 1. The van der Waals surface area contributed by atoms with Gasteiger partial charge in [0.1, 0.15) is 0 Å². The van der Waals surface area contributed by atoms with E-state index in [0.29, 0.717) is 0 Å². The number of benzene rings is 1. The van der Waals surface area contributed by atoms with Crippen LogP contribution in [-0.4, -0.2) is 14.1 Å². The van der Waals surface area contributed by atoms with Crippen molar-refractivity contribution in [2.24, 2.45) is 5.73 Å². The second kappa shape index (κ2) is 10.1. The lowest BCUT2D eigenvalue weighted by molar-refractivity contribution is 1.32. The van der Waals surface area contributed by atoms with Gasteiger partial charge in [-0.05, 0) is 38.1 Å². The van der Waals surface area contributed by atoms with Crippen LogP contribution < -0.4 is 11.1 Å². The number of hydrogen-bond donors (Lipinski definition) is 2. The first kappa shape index (κ1) is 15.5.